The molecule has 0 aromatic carbocycles. The molecule has 1 saturated heterocycles. The molecule has 0 aromatic heterocycles. The van der Waals surface area contributed by atoms with Crippen molar-refractivity contribution in [2.45, 2.75) is 51.0 Å². The fourth-order valence-electron chi connectivity index (χ4n) is 4.23. The molecule has 1 aliphatic heterocycles. The van der Waals surface area contributed by atoms with E-state index in [2.05, 4.69) is 4.90 Å². The van der Waals surface area contributed by atoms with E-state index < -0.39 is 0 Å². The van der Waals surface area contributed by atoms with E-state index in [1.807, 2.05) is 0 Å². The van der Waals surface area contributed by atoms with Crippen LogP contribution in [0.4, 0.5) is 0 Å². The Labute approximate surface area is 99.6 Å². The number of nitrogens with zero attached hydrogens (tertiary/aromatic N) is 1. The maximum atomic E-state index is 5.75. The lowest BCUT2D eigenvalue weighted by atomic mass is 9.81. The van der Waals surface area contributed by atoms with Crippen molar-refractivity contribution >= 4 is 0 Å². The minimum absolute atomic E-state index is 0.839. The number of fused-ring (bicyclic) bond motifs is 2. The fourth-order valence-corrected chi connectivity index (χ4v) is 4.23. The molecule has 92 valence electrons. The summed E-state index contributed by atoms with van der Waals surface area (Å²) >= 11 is 0. The highest BCUT2D eigenvalue weighted by Crippen LogP contribution is 2.39. The van der Waals surface area contributed by atoms with Crippen LogP contribution in [0.15, 0.2) is 0 Å². The zero-order valence-electron chi connectivity index (χ0n) is 10.4. The van der Waals surface area contributed by atoms with Crippen LogP contribution in [0.25, 0.3) is 0 Å². The lowest BCUT2D eigenvalue weighted by Crippen LogP contribution is -2.37. The average Bonchev–Trinajstić information content (AvgIpc) is 2.92. The molecule has 2 unspecified atom stereocenters. The summed E-state index contributed by atoms with van der Waals surface area (Å²) < 4.78 is 0. The van der Waals surface area contributed by atoms with E-state index in [1.165, 1.54) is 58.0 Å². The average molecular weight is 222 g/mol. The smallest absolute Gasteiger partial charge is 0.00987 e. The summed E-state index contributed by atoms with van der Waals surface area (Å²) in [6, 6.07) is 0.970. The van der Waals surface area contributed by atoms with Crippen LogP contribution in [0.3, 0.4) is 0 Å². The summed E-state index contributed by atoms with van der Waals surface area (Å²) in [5.41, 5.74) is 5.75. The SMILES string of the molecule is NCC1CCC(CN2CC3CCC2C3)CC1. The van der Waals surface area contributed by atoms with Gasteiger partial charge in [-0.2, -0.15) is 0 Å². The Balaban J connectivity index is 1.46. The molecule has 3 fully saturated rings. The van der Waals surface area contributed by atoms with Crippen LogP contribution in [-0.4, -0.2) is 30.6 Å². The maximum Gasteiger partial charge on any atom is 0.00987 e. The highest BCUT2D eigenvalue weighted by molar-refractivity contribution is 4.93. The molecule has 3 rings (SSSR count). The van der Waals surface area contributed by atoms with Crippen molar-refractivity contribution in [3.05, 3.63) is 0 Å². The van der Waals surface area contributed by atoms with Crippen LogP contribution in [0, 0.1) is 17.8 Å². The van der Waals surface area contributed by atoms with Crippen molar-refractivity contribution < 1.29 is 0 Å². The lowest BCUT2D eigenvalue weighted by molar-refractivity contribution is 0.150. The maximum absolute atomic E-state index is 5.75. The van der Waals surface area contributed by atoms with E-state index >= 15 is 0 Å². The summed E-state index contributed by atoms with van der Waals surface area (Å²) in [6.45, 7) is 3.74. The Kier molecular flexibility index (Phi) is 3.21. The second-order valence-electron chi connectivity index (χ2n) is 6.41. The molecule has 2 heteroatoms. The number of likely N-dealkylation sites (tertiary alicyclic amines) is 1. The summed E-state index contributed by atoms with van der Waals surface area (Å²) in [6.07, 6.45) is 10.2. The van der Waals surface area contributed by atoms with Gasteiger partial charge in [-0.25, -0.2) is 0 Å². The zero-order valence-corrected chi connectivity index (χ0v) is 10.4. The molecule has 0 amide bonds. The van der Waals surface area contributed by atoms with Gasteiger partial charge in [-0.1, -0.05) is 0 Å². The molecule has 2 atom stereocenters. The summed E-state index contributed by atoms with van der Waals surface area (Å²) in [4.78, 5) is 2.81. The van der Waals surface area contributed by atoms with E-state index in [0.29, 0.717) is 0 Å². The van der Waals surface area contributed by atoms with E-state index in [0.717, 1.165) is 30.3 Å². The fraction of sp³-hybridized carbons (Fsp3) is 1.00. The van der Waals surface area contributed by atoms with Gasteiger partial charge in [0, 0.05) is 19.1 Å². The Bertz CT molecular complexity index is 233. The molecule has 16 heavy (non-hydrogen) atoms. The molecule has 0 radical (unpaired) electrons. The van der Waals surface area contributed by atoms with E-state index in [-0.39, 0.29) is 0 Å². The molecule has 2 aliphatic carbocycles. The zero-order chi connectivity index (χ0) is 11.0. The van der Waals surface area contributed by atoms with Crippen molar-refractivity contribution in [3.8, 4) is 0 Å². The molecule has 2 N–H and O–H groups in total. The molecule has 3 aliphatic rings. The first kappa shape index (κ1) is 11.0. The lowest BCUT2D eigenvalue weighted by Gasteiger charge is -2.34. The Morgan fingerprint density at radius 1 is 0.938 bits per heavy atom. The van der Waals surface area contributed by atoms with E-state index in [1.54, 1.807) is 0 Å². The van der Waals surface area contributed by atoms with Crippen LogP contribution in [0.2, 0.25) is 0 Å². The van der Waals surface area contributed by atoms with Gasteiger partial charge >= 0.3 is 0 Å². The number of rotatable bonds is 3. The summed E-state index contributed by atoms with van der Waals surface area (Å²) in [5, 5.41) is 0. The molecule has 0 spiro atoms. The molecule has 1 heterocycles. The Hall–Kier alpha value is -0.0800. The van der Waals surface area contributed by atoms with Crippen LogP contribution >= 0.6 is 0 Å². The van der Waals surface area contributed by atoms with Gasteiger partial charge in [0.25, 0.3) is 0 Å². The second kappa shape index (κ2) is 4.66. The molecule has 2 saturated carbocycles. The van der Waals surface area contributed by atoms with Crippen LogP contribution in [0.1, 0.15) is 44.9 Å². The van der Waals surface area contributed by atoms with Gasteiger partial charge < -0.3 is 5.73 Å². The number of hydrogen-bond acceptors (Lipinski definition) is 2. The van der Waals surface area contributed by atoms with Gasteiger partial charge in [-0.3, -0.25) is 4.90 Å². The van der Waals surface area contributed by atoms with Crippen LogP contribution in [-0.2, 0) is 0 Å². The summed E-state index contributed by atoms with van der Waals surface area (Å²) in [5.74, 6) is 2.89. The highest BCUT2D eigenvalue weighted by atomic mass is 15.2. The molecular formula is C14H26N2. The third-order valence-electron chi connectivity index (χ3n) is 5.32. The largest absolute Gasteiger partial charge is 0.330 e. The highest BCUT2D eigenvalue weighted by Gasteiger charge is 2.38. The molecule has 2 nitrogen and oxygen atoms in total. The van der Waals surface area contributed by atoms with Crippen molar-refractivity contribution in [2.75, 3.05) is 19.6 Å². The van der Waals surface area contributed by atoms with E-state index in [4.69, 9.17) is 5.73 Å². The topological polar surface area (TPSA) is 29.3 Å². The third kappa shape index (κ3) is 2.14. The van der Waals surface area contributed by atoms with Crippen molar-refractivity contribution in [2.24, 2.45) is 23.5 Å². The van der Waals surface area contributed by atoms with Crippen molar-refractivity contribution in [3.63, 3.8) is 0 Å². The van der Waals surface area contributed by atoms with Crippen LogP contribution < -0.4 is 5.73 Å². The monoisotopic (exact) mass is 222 g/mol. The van der Waals surface area contributed by atoms with Gasteiger partial charge in [0.2, 0.25) is 0 Å². The first-order valence-electron chi connectivity index (χ1n) is 7.29. The second-order valence-corrected chi connectivity index (χ2v) is 6.41. The number of nitrogens with two attached hydrogens (primary N) is 1. The van der Waals surface area contributed by atoms with Crippen molar-refractivity contribution in [1.82, 2.24) is 4.90 Å². The molecular weight excluding hydrogens is 196 g/mol. The predicted octanol–water partition coefficient (Wildman–Crippen LogP) is 2.24. The number of hydrogen-bond donors (Lipinski definition) is 1. The van der Waals surface area contributed by atoms with Crippen LogP contribution in [0.5, 0.6) is 0 Å². The molecule has 0 aromatic rings. The standard InChI is InChI=1S/C14H26N2/c15-8-11-1-3-12(4-2-11)9-16-10-13-5-6-14(16)7-13/h11-14H,1-10,15H2. The Morgan fingerprint density at radius 2 is 1.69 bits per heavy atom. The van der Waals surface area contributed by atoms with Gasteiger partial charge in [0.1, 0.15) is 0 Å². The Morgan fingerprint density at radius 3 is 2.25 bits per heavy atom. The number of piperidine rings is 1. The first-order valence-corrected chi connectivity index (χ1v) is 7.29. The normalized spacial score (nSPS) is 44.1. The quantitative estimate of drug-likeness (QED) is 0.793. The van der Waals surface area contributed by atoms with Gasteiger partial charge in [-0.15, -0.1) is 0 Å². The summed E-state index contributed by atoms with van der Waals surface area (Å²) in [7, 11) is 0. The first-order chi connectivity index (χ1) is 7.85. The molecule has 2 bridgehead atoms. The van der Waals surface area contributed by atoms with Crippen molar-refractivity contribution in [1.29, 1.82) is 0 Å². The van der Waals surface area contributed by atoms with Gasteiger partial charge in [0.15, 0.2) is 0 Å². The van der Waals surface area contributed by atoms with Gasteiger partial charge in [0.05, 0.1) is 0 Å². The minimum atomic E-state index is 0.839. The minimum Gasteiger partial charge on any atom is -0.330 e. The third-order valence-corrected chi connectivity index (χ3v) is 5.32. The van der Waals surface area contributed by atoms with Gasteiger partial charge in [-0.05, 0) is 69.2 Å². The van der Waals surface area contributed by atoms with E-state index in [9.17, 15) is 0 Å². The predicted molar refractivity (Wildman–Crippen MR) is 67.2 cm³/mol.